The number of nitrogens with zero attached hydrogens (tertiary/aromatic N) is 1. The average molecular weight is 215 g/mol. The van der Waals surface area contributed by atoms with Crippen molar-refractivity contribution in [2.75, 3.05) is 7.11 Å². The summed E-state index contributed by atoms with van der Waals surface area (Å²) in [5.74, 6) is 0.661. The van der Waals surface area contributed by atoms with Gasteiger partial charge in [-0.05, 0) is 24.6 Å². The summed E-state index contributed by atoms with van der Waals surface area (Å²) in [6.07, 6.45) is 0. The Hall–Kier alpha value is -2.10. The van der Waals surface area contributed by atoms with Crippen LogP contribution in [0.2, 0.25) is 0 Å². The van der Waals surface area contributed by atoms with Gasteiger partial charge in [0.05, 0.1) is 7.11 Å². The molecule has 0 saturated carbocycles. The second-order valence-electron chi connectivity index (χ2n) is 3.59. The number of nitrogens with two attached hydrogens (primary N) is 1. The molecule has 4 heteroatoms. The van der Waals surface area contributed by atoms with Crippen LogP contribution in [-0.4, -0.2) is 17.9 Å². The van der Waals surface area contributed by atoms with Gasteiger partial charge >= 0.3 is 0 Å². The molecule has 0 aliphatic carbocycles. The summed E-state index contributed by atoms with van der Waals surface area (Å²) in [6, 6.07) is 7.51. The maximum absolute atomic E-state index is 7.37. The lowest BCUT2D eigenvalue weighted by Gasteiger charge is -2.08. The Kier molecular flexibility index (Phi) is 2.48. The quantitative estimate of drug-likeness (QED) is 0.593. The van der Waals surface area contributed by atoms with Crippen molar-refractivity contribution in [3.63, 3.8) is 0 Å². The van der Waals surface area contributed by atoms with Crippen LogP contribution in [0.5, 0.6) is 5.75 Å². The molecule has 0 unspecified atom stereocenters. The largest absolute Gasteiger partial charge is 0.494 e. The standard InChI is InChI=1S/C12H13N3O/c1-7-3-6-10(16-2)11-8(7)4-5-9(15-11)12(13)14/h3-6H,1-2H3,(H3,13,14). The van der Waals surface area contributed by atoms with Crippen LogP contribution in [0.1, 0.15) is 11.3 Å². The Morgan fingerprint density at radius 1 is 1.31 bits per heavy atom. The summed E-state index contributed by atoms with van der Waals surface area (Å²) >= 11 is 0. The van der Waals surface area contributed by atoms with Crippen molar-refractivity contribution in [1.82, 2.24) is 4.98 Å². The lowest BCUT2D eigenvalue weighted by molar-refractivity contribution is 0.419. The third-order valence-corrected chi connectivity index (χ3v) is 2.53. The van der Waals surface area contributed by atoms with Crippen LogP contribution < -0.4 is 10.5 Å². The van der Waals surface area contributed by atoms with Crippen molar-refractivity contribution in [3.05, 3.63) is 35.5 Å². The van der Waals surface area contributed by atoms with Gasteiger partial charge in [0.2, 0.25) is 0 Å². The van der Waals surface area contributed by atoms with E-state index in [0.29, 0.717) is 11.4 Å². The highest BCUT2D eigenvalue weighted by Gasteiger charge is 2.07. The smallest absolute Gasteiger partial charge is 0.145 e. The van der Waals surface area contributed by atoms with Gasteiger partial charge in [-0.3, -0.25) is 5.41 Å². The number of methoxy groups -OCH3 is 1. The number of hydrogen-bond donors (Lipinski definition) is 2. The van der Waals surface area contributed by atoms with Crippen LogP contribution >= 0.6 is 0 Å². The highest BCUT2D eigenvalue weighted by atomic mass is 16.5. The molecule has 0 fully saturated rings. The van der Waals surface area contributed by atoms with E-state index in [1.807, 2.05) is 25.1 Å². The predicted octanol–water partition coefficient (Wildman–Crippen LogP) is 1.84. The third kappa shape index (κ3) is 1.58. The number of benzene rings is 1. The van der Waals surface area contributed by atoms with Crippen LogP contribution in [0.15, 0.2) is 24.3 Å². The summed E-state index contributed by atoms with van der Waals surface area (Å²) in [5.41, 5.74) is 7.75. The number of aryl methyl sites for hydroxylation is 1. The molecule has 0 radical (unpaired) electrons. The Balaban J connectivity index is 2.79. The predicted molar refractivity (Wildman–Crippen MR) is 64.0 cm³/mol. The molecular formula is C12H13N3O. The highest BCUT2D eigenvalue weighted by molar-refractivity contribution is 5.97. The Bertz CT molecular complexity index is 563. The topological polar surface area (TPSA) is 72.0 Å². The van der Waals surface area contributed by atoms with Crippen LogP contribution in [0.3, 0.4) is 0 Å². The molecule has 16 heavy (non-hydrogen) atoms. The van der Waals surface area contributed by atoms with Crippen molar-refractivity contribution in [3.8, 4) is 5.75 Å². The van der Waals surface area contributed by atoms with Gasteiger partial charge in [0, 0.05) is 5.39 Å². The number of ether oxygens (including phenoxy) is 1. The van der Waals surface area contributed by atoms with E-state index in [-0.39, 0.29) is 5.84 Å². The minimum atomic E-state index is -0.0366. The summed E-state index contributed by atoms with van der Waals surface area (Å²) in [7, 11) is 1.60. The first-order chi connectivity index (χ1) is 7.63. The number of fused-ring (bicyclic) bond motifs is 1. The third-order valence-electron chi connectivity index (χ3n) is 2.53. The molecule has 0 amide bonds. The molecule has 0 spiro atoms. The normalized spacial score (nSPS) is 10.4. The van der Waals surface area contributed by atoms with Gasteiger partial charge in [-0.15, -0.1) is 0 Å². The maximum atomic E-state index is 7.37. The van der Waals surface area contributed by atoms with Crippen LogP contribution in [-0.2, 0) is 0 Å². The van der Waals surface area contributed by atoms with Crippen LogP contribution in [0.4, 0.5) is 0 Å². The van der Waals surface area contributed by atoms with Gasteiger partial charge < -0.3 is 10.5 Å². The second-order valence-corrected chi connectivity index (χ2v) is 3.59. The van der Waals surface area contributed by atoms with Gasteiger partial charge in [-0.25, -0.2) is 4.98 Å². The molecule has 0 aliphatic heterocycles. The number of hydrogen-bond acceptors (Lipinski definition) is 3. The van der Waals surface area contributed by atoms with Crippen molar-refractivity contribution in [2.24, 2.45) is 5.73 Å². The van der Waals surface area contributed by atoms with E-state index in [0.717, 1.165) is 16.5 Å². The average Bonchev–Trinajstić information content (AvgIpc) is 2.29. The van der Waals surface area contributed by atoms with Gasteiger partial charge in [0.25, 0.3) is 0 Å². The number of pyridine rings is 1. The molecule has 4 nitrogen and oxygen atoms in total. The molecule has 0 bridgehead atoms. The molecule has 2 aromatic rings. The van der Waals surface area contributed by atoms with Crippen molar-refractivity contribution >= 4 is 16.7 Å². The zero-order valence-electron chi connectivity index (χ0n) is 9.24. The minimum Gasteiger partial charge on any atom is -0.494 e. The lowest BCUT2D eigenvalue weighted by atomic mass is 10.1. The first kappa shape index (κ1) is 10.4. The van der Waals surface area contributed by atoms with E-state index in [2.05, 4.69) is 4.98 Å². The Labute approximate surface area is 93.6 Å². The van der Waals surface area contributed by atoms with Gasteiger partial charge in [-0.1, -0.05) is 12.1 Å². The van der Waals surface area contributed by atoms with Crippen molar-refractivity contribution < 1.29 is 4.74 Å². The monoisotopic (exact) mass is 215 g/mol. The van der Waals surface area contributed by atoms with Crippen LogP contribution in [0, 0.1) is 12.3 Å². The SMILES string of the molecule is COc1ccc(C)c2ccc(C(=N)N)nc12. The molecule has 82 valence electrons. The van der Waals surface area contributed by atoms with E-state index in [4.69, 9.17) is 15.9 Å². The number of amidine groups is 1. The highest BCUT2D eigenvalue weighted by Crippen LogP contribution is 2.26. The van der Waals surface area contributed by atoms with E-state index in [9.17, 15) is 0 Å². The number of nitrogens with one attached hydrogen (secondary N) is 1. The molecule has 0 aliphatic rings. The summed E-state index contributed by atoms with van der Waals surface area (Å²) in [5, 5.41) is 8.38. The Morgan fingerprint density at radius 3 is 2.69 bits per heavy atom. The van der Waals surface area contributed by atoms with Gasteiger partial charge in [0.15, 0.2) is 0 Å². The van der Waals surface area contributed by atoms with Crippen molar-refractivity contribution in [1.29, 1.82) is 5.41 Å². The number of rotatable bonds is 2. The molecule has 2 rings (SSSR count). The molecule has 1 aromatic heterocycles. The van der Waals surface area contributed by atoms with E-state index in [1.54, 1.807) is 13.2 Å². The summed E-state index contributed by atoms with van der Waals surface area (Å²) < 4.78 is 5.24. The van der Waals surface area contributed by atoms with Gasteiger partial charge in [0.1, 0.15) is 22.8 Å². The summed E-state index contributed by atoms with van der Waals surface area (Å²) in [4.78, 5) is 4.33. The number of aromatic nitrogens is 1. The Morgan fingerprint density at radius 2 is 2.06 bits per heavy atom. The fraction of sp³-hybridized carbons (Fsp3) is 0.167. The first-order valence-corrected chi connectivity index (χ1v) is 4.92. The molecule has 0 saturated heterocycles. The maximum Gasteiger partial charge on any atom is 0.145 e. The van der Waals surface area contributed by atoms with Crippen LogP contribution in [0.25, 0.3) is 10.9 Å². The zero-order valence-corrected chi connectivity index (χ0v) is 9.24. The van der Waals surface area contributed by atoms with Crippen molar-refractivity contribution in [2.45, 2.75) is 6.92 Å². The number of nitrogen functional groups attached to an aromatic ring is 1. The molecular weight excluding hydrogens is 202 g/mol. The van der Waals surface area contributed by atoms with Gasteiger partial charge in [-0.2, -0.15) is 0 Å². The molecule has 1 heterocycles. The molecule has 3 N–H and O–H groups in total. The fourth-order valence-corrected chi connectivity index (χ4v) is 1.65. The minimum absolute atomic E-state index is 0.0366. The second kappa shape index (κ2) is 3.81. The lowest BCUT2D eigenvalue weighted by Crippen LogP contribution is -2.13. The van der Waals surface area contributed by atoms with E-state index in [1.165, 1.54) is 0 Å². The summed E-state index contributed by atoms with van der Waals surface area (Å²) in [6.45, 7) is 2.01. The molecule has 1 aromatic carbocycles. The fourth-order valence-electron chi connectivity index (χ4n) is 1.65. The molecule has 0 atom stereocenters. The van der Waals surface area contributed by atoms with E-state index < -0.39 is 0 Å². The zero-order chi connectivity index (χ0) is 11.7. The van der Waals surface area contributed by atoms with E-state index >= 15 is 0 Å². The first-order valence-electron chi connectivity index (χ1n) is 4.92.